The Morgan fingerprint density at radius 2 is 2.16 bits per heavy atom. The van der Waals surface area contributed by atoms with Gasteiger partial charge in [0, 0.05) is 17.1 Å². The SMILES string of the molecule is CCN1C(=O)NC(=Cc2cc(Cl)cc(I)c2O)C1=O. The molecular formula is C12H10ClIN2O3. The van der Waals surface area contributed by atoms with E-state index in [0.717, 1.165) is 4.90 Å². The van der Waals surface area contributed by atoms with Crippen molar-refractivity contribution in [2.24, 2.45) is 0 Å². The number of phenolic OH excluding ortho intramolecular Hbond substituents is 1. The number of hydrogen-bond acceptors (Lipinski definition) is 3. The largest absolute Gasteiger partial charge is 0.506 e. The fourth-order valence-corrected chi connectivity index (χ4v) is 2.77. The van der Waals surface area contributed by atoms with Crippen LogP contribution in [-0.4, -0.2) is 28.5 Å². The third-order valence-electron chi connectivity index (χ3n) is 2.64. The van der Waals surface area contributed by atoms with E-state index in [1.807, 2.05) is 22.6 Å². The van der Waals surface area contributed by atoms with E-state index in [1.54, 1.807) is 13.0 Å². The topological polar surface area (TPSA) is 69.6 Å². The van der Waals surface area contributed by atoms with Gasteiger partial charge in [0.15, 0.2) is 0 Å². The molecule has 1 heterocycles. The molecule has 100 valence electrons. The molecular weight excluding hydrogens is 383 g/mol. The van der Waals surface area contributed by atoms with E-state index < -0.39 is 11.9 Å². The molecule has 1 aliphatic heterocycles. The minimum Gasteiger partial charge on any atom is -0.506 e. The number of likely N-dealkylation sites (N-methyl/N-ethyl adjacent to an activating group) is 1. The summed E-state index contributed by atoms with van der Waals surface area (Å²) in [5, 5.41) is 12.8. The summed E-state index contributed by atoms with van der Waals surface area (Å²) in [6, 6.07) is 2.67. The zero-order valence-electron chi connectivity index (χ0n) is 9.91. The molecule has 0 saturated carbocycles. The van der Waals surface area contributed by atoms with Crippen molar-refractivity contribution in [3.63, 3.8) is 0 Å². The van der Waals surface area contributed by atoms with Crippen LogP contribution in [0.25, 0.3) is 6.08 Å². The lowest BCUT2D eigenvalue weighted by atomic mass is 10.1. The first-order valence-electron chi connectivity index (χ1n) is 5.46. The lowest BCUT2D eigenvalue weighted by molar-refractivity contribution is -0.122. The highest BCUT2D eigenvalue weighted by molar-refractivity contribution is 14.1. The molecule has 1 aromatic rings. The van der Waals surface area contributed by atoms with Crippen molar-refractivity contribution in [1.29, 1.82) is 0 Å². The predicted octanol–water partition coefficient (Wildman–Crippen LogP) is 2.56. The van der Waals surface area contributed by atoms with Crippen molar-refractivity contribution in [3.8, 4) is 5.75 Å². The third-order valence-corrected chi connectivity index (χ3v) is 3.68. The number of nitrogens with one attached hydrogen (secondary N) is 1. The van der Waals surface area contributed by atoms with Crippen LogP contribution in [0.1, 0.15) is 12.5 Å². The molecule has 0 aromatic heterocycles. The van der Waals surface area contributed by atoms with Crippen LogP contribution in [0.3, 0.4) is 0 Å². The molecule has 1 aromatic carbocycles. The van der Waals surface area contributed by atoms with Crippen LogP contribution < -0.4 is 5.32 Å². The summed E-state index contributed by atoms with van der Waals surface area (Å²) in [4.78, 5) is 24.5. The van der Waals surface area contributed by atoms with Gasteiger partial charge in [-0.2, -0.15) is 0 Å². The Bertz CT molecular complexity index is 601. The van der Waals surface area contributed by atoms with E-state index >= 15 is 0 Å². The minimum absolute atomic E-state index is 0.0227. The number of urea groups is 1. The average Bonchev–Trinajstić information content (AvgIpc) is 2.60. The second-order valence-electron chi connectivity index (χ2n) is 3.86. The van der Waals surface area contributed by atoms with Gasteiger partial charge in [0.1, 0.15) is 11.4 Å². The summed E-state index contributed by atoms with van der Waals surface area (Å²) in [7, 11) is 0. The summed E-state index contributed by atoms with van der Waals surface area (Å²) in [5.41, 5.74) is 0.513. The normalized spacial score (nSPS) is 17.2. The molecule has 19 heavy (non-hydrogen) atoms. The van der Waals surface area contributed by atoms with Gasteiger partial charge in [-0.1, -0.05) is 11.6 Å². The molecule has 0 radical (unpaired) electrons. The number of halogens is 2. The first-order chi connectivity index (χ1) is 8.93. The average molecular weight is 393 g/mol. The van der Waals surface area contributed by atoms with Crippen molar-refractivity contribution < 1.29 is 14.7 Å². The lowest BCUT2D eigenvalue weighted by Gasteiger charge is -2.06. The van der Waals surface area contributed by atoms with E-state index in [1.165, 1.54) is 12.1 Å². The number of imide groups is 1. The third kappa shape index (κ3) is 2.69. The zero-order chi connectivity index (χ0) is 14.2. The number of aromatic hydroxyl groups is 1. The van der Waals surface area contributed by atoms with Gasteiger partial charge in [-0.3, -0.25) is 9.69 Å². The fraction of sp³-hybridized carbons (Fsp3) is 0.167. The highest BCUT2D eigenvalue weighted by atomic mass is 127. The molecule has 0 aliphatic carbocycles. The number of carbonyl (C=O) groups is 2. The summed E-state index contributed by atoms with van der Waals surface area (Å²) in [5.74, 6) is -0.392. The Labute approximate surface area is 128 Å². The molecule has 7 heteroatoms. The Morgan fingerprint density at radius 3 is 2.74 bits per heavy atom. The van der Waals surface area contributed by atoms with Crippen LogP contribution in [0.2, 0.25) is 5.02 Å². The van der Waals surface area contributed by atoms with Gasteiger partial charge in [0.2, 0.25) is 0 Å². The summed E-state index contributed by atoms with van der Waals surface area (Å²) in [6.45, 7) is 2.00. The van der Waals surface area contributed by atoms with E-state index in [2.05, 4.69) is 5.32 Å². The summed E-state index contributed by atoms with van der Waals surface area (Å²) >= 11 is 7.84. The fourth-order valence-electron chi connectivity index (χ4n) is 1.71. The van der Waals surface area contributed by atoms with Gasteiger partial charge < -0.3 is 10.4 Å². The molecule has 1 aliphatic rings. The molecule has 0 bridgehead atoms. The number of carbonyl (C=O) groups excluding carboxylic acids is 2. The van der Waals surface area contributed by atoms with Gasteiger partial charge in [0.05, 0.1) is 3.57 Å². The Kier molecular flexibility index (Phi) is 4.00. The predicted molar refractivity (Wildman–Crippen MR) is 79.7 cm³/mol. The van der Waals surface area contributed by atoms with Gasteiger partial charge in [-0.05, 0) is 47.7 Å². The van der Waals surface area contributed by atoms with Crippen molar-refractivity contribution in [3.05, 3.63) is 32.0 Å². The van der Waals surface area contributed by atoms with Crippen molar-refractivity contribution >= 4 is 52.2 Å². The Balaban J connectivity index is 2.43. The molecule has 1 fully saturated rings. The zero-order valence-corrected chi connectivity index (χ0v) is 12.8. The first kappa shape index (κ1) is 14.1. The summed E-state index contributed by atoms with van der Waals surface area (Å²) < 4.78 is 0.570. The highest BCUT2D eigenvalue weighted by Crippen LogP contribution is 2.30. The molecule has 0 atom stereocenters. The van der Waals surface area contributed by atoms with Crippen LogP contribution >= 0.6 is 34.2 Å². The maximum absolute atomic E-state index is 11.9. The second kappa shape index (κ2) is 5.38. The van der Waals surface area contributed by atoms with E-state index in [4.69, 9.17) is 11.6 Å². The van der Waals surface area contributed by atoms with Crippen LogP contribution in [0.5, 0.6) is 5.75 Å². The van der Waals surface area contributed by atoms with Crippen LogP contribution in [-0.2, 0) is 4.79 Å². The Morgan fingerprint density at radius 1 is 1.47 bits per heavy atom. The quantitative estimate of drug-likeness (QED) is 0.462. The van der Waals surface area contributed by atoms with Crippen molar-refractivity contribution in [2.45, 2.75) is 6.92 Å². The van der Waals surface area contributed by atoms with Crippen LogP contribution in [0.4, 0.5) is 4.79 Å². The molecule has 2 N–H and O–H groups in total. The monoisotopic (exact) mass is 392 g/mol. The van der Waals surface area contributed by atoms with Gasteiger partial charge in [-0.15, -0.1) is 0 Å². The number of amides is 3. The van der Waals surface area contributed by atoms with E-state index in [0.29, 0.717) is 20.7 Å². The molecule has 2 rings (SSSR count). The maximum Gasteiger partial charge on any atom is 0.328 e. The minimum atomic E-state index is -0.463. The molecule has 5 nitrogen and oxygen atoms in total. The lowest BCUT2D eigenvalue weighted by Crippen LogP contribution is -2.30. The van der Waals surface area contributed by atoms with E-state index in [9.17, 15) is 14.7 Å². The highest BCUT2D eigenvalue weighted by Gasteiger charge is 2.32. The number of phenols is 1. The van der Waals surface area contributed by atoms with Crippen molar-refractivity contribution in [1.82, 2.24) is 10.2 Å². The molecule has 0 unspecified atom stereocenters. The van der Waals surface area contributed by atoms with Crippen molar-refractivity contribution in [2.75, 3.05) is 6.54 Å². The molecule has 1 saturated heterocycles. The van der Waals surface area contributed by atoms with E-state index in [-0.39, 0.29) is 11.4 Å². The summed E-state index contributed by atoms with van der Waals surface area (Å²) in [6.07, 6.45) is 1.42. The Hall–Kier alpha value is -1.28. The van der Waals surface area contributed by atoms with Gasteiger partial charge >= 0.3 is 6.03 Å². The molecule has 3 amide bonds. The first-order valence-corrected chi connectivity index (χ1v) is 6.92. The maximum atomic E-state index is 11.9. The van der Waals surface area contributed by atoms with Crippen LogP contribution in [0, 0.1) is 3.57 Å². The number of benzene rings is 1. The van der Waals surface area contributed by atoms with Gasteiger partial charge in [-0.25, -0.2) is 4.79 Å². The van der Waals surface area contributed by atoms with Crippen LogP contribution in [0.15, 0.2) is 17.8 Å². The molecule has 0 spiro atoms. The number of hydrogen-bond donors (Lipinski definition) is 2. The van der Waals surface area contributed by atoms with Gasteiger partial charge in [0.25, 0.3) is 5.91 Å². The standard InChI is InChI=1S/C12H10ClIN2O3/c1-2-16-11(18)9(15-12(16)19)4-6-3-7(13)5-8(14)10(6)17/h3-5,17H,2H2,1H3,(H,15,19). The second-order valence-corrected chi connectivity index (χ2v) is 5.46. The number of nitrogens with zero attached hydrogens (tertiary/aromatic N) is 1. The smallest absolute Gasteiger partial charge is 0.328 e. The number of rotatable bonds is 2.